The SMILES string of the molecule is O=C(CSc1n[nH]c(-c2cccc(Br)c2)[n+]1-c1ccccc1)NN=Cc1ccc(O)cc1. The Morgan fingerprint density at radius 2 is 1.91 bits per heavy atom. The number of hydrogen-bond donors (Lipinski definition) is 3. The second-order valence-electron chi connectivity index (χ2n) is 6.71. The Hall–Kier alpha value is -3.43. The van der Waals surface area contributed by atoms with E-state index in [9.17, 15) is 9.90 Å². The zero-order valence-electron chi connectivity index (χ0n) is 16.8. The molecule has 0 fully saturated rings. The summed E-state index contributed by atoms with van der Waals surface area (Å²) in [5.41, 5.74) is 5.18. The zero-order valence-corrected chi connectivity index (χ0v) is 19.2. The van der Waals surface area contributed by atoms with Gasteiger partial charge in [-0.25, -0.2) is 5.43 Å². The van der Waals surface area contributed by atoms with E-state index < -0.39 is 0 Å². The number of phenols is 1. The van der Waals surface area contributed by atoms with E-state index in [0.717, 1.165) is 27.1 Å². The van der Waals surface area contributed by atoms with Gasteiger partial charge in [0.1, 0.15) is 11.4 Å². The summed E-state index contributed by atoms with van der Waals surface area (Å²) < 4.78 is 2.95. The van der Waals surface area contributed by atoms with Crippen molar-refractivity contribution in [2.45, 2.75) is 5.16 Å². The third kappa shape index (κ3) is 5.43. The highest BCUT2D eigenvalue weighted by molar-refractivity contribution is 9.10. The third-order valence-corrected chi connectivity index (χ3v) is 5.84. The number of rotatable bonds is 7. The quantitative estimate of drug-likeness (QED) is 0.152. The molecule has 9 heteroatoms. The van der Waals surface area contributed by atoms with Crippen LogP contribution in [-0.2, 0) is 4.79 Å². The minimum atomic E-state index is -0.253. The predicted molar refractivity (Wildman–Crippen MR) is 128 cm³/mol. The average Bonchev–Trinajstić information content (AvgIpc) is 3.24. The van der Waals surface area contributed by atoms with Gasteiger partial charge >= 0.3 is 5.16 Å². The maximum absolute atomic E-state index is 12.3. The van der Waals surface area contributed by atoms with Crippen LogP contribution in [0.15, 0.2) is 93.6 Å². The summed E-state index contributed by atoms with van der Waals surface area (Å²) in [7, 11) is 0. The molecule has 3 N–H and O–H groups in total. The van der Waals surface area contributed by atoms with Crippen LogP contribution in [0.1, 0.15) is 5.56 Å². The van der Waals surface area contributed by atoms with Crippen LogP contribution in [-0.4, -0.2) is 33.2 Å². The van der Waals surface area contributed by atoms with Gasteiger partial charge in [-0.2, -0.15) is 9.67 Å². The molecule has 1 heterocycles. The monoisotopic (exact) mass is 508 g/mol. The number of aromatic nitrogens is 3. The van der Waals surface area contributed by atoms with Crippen LogP contribution in [0.5, 0.6) is 5.75 Å². The number of carbonyl (C=O) groups excluding carboxylic acids is 1. The molecular formula is C23H19BrN5O2S+. The number of thioether (sulfide) groups is 1. The Morgan fingerprint density at radius 1 is 1.12 bits per heavy atom. The van der Waals surface area contributed by atoms with E-state index in [0.29, 0.717) is 5.16 Å². The molecule has 4 aromatic rings. The van der Waals surface area contributed by atoms with E-state index in [-0.39, 0.29) is 17.4 Å². The molecular weight excluding hydrogens is 490 g/mol. The number of hydrazone groups is 1. The summed E-state index contributed by atoms with van der Waals surface area (Å²) in [6, 6.07) is 24.3. The number of benzene rings is 3. The van der Waals surface area contributed by atoms with Gasteiger partial charge in [-0.1, -0.05) is 40.2 Å². The fourth-order valence-electron chi connectivity index (χ4n) is 2.94. The van der Waals surface area contributed by atoms with Gasteiger partial charge in [0.2, 0.25) is 0 Å². The van der Waals surface area contributed by atoms with Gasteiger partial charge in [0.05, 0.1) is 22.6 Å². The number of carbonyl (C=O) groups is 1. The highest BCUT2D eigenvalue weighted by Gasteiger charge is 2.24. The normalized spacial score (nSPS) is 11.0. The minimum absolute atomic E-state index is 0.141. The van der Waals surface area contributed by atoms with Gasteiger partial charge in [-0.05, 0) is 71.9 Å². The lowest BCUT2D eigenvalue weighted by molar-refractivity contribution is -0.625. The standard InChI is InChI=1S/C23H18BrN5O2S/c24-18-6-4-5-17(13-18)22-27-28-23(29(22)19-7-2-1-3-8-19)32-15-21(31)26-25-14-16-9-11-20(30)12-10-16/h1-14H,15H2,(H2,25,26,30,31)/p+1. The number of aromatic amines is 1. The molecule has 0 radical (unpaired) electrons. The van der Waals surface area contributed by atoms with Crippen molar-refractivity contribution in [3.63, 3.8) is 0 Å². The molecule has 0 aliphatic carbocycles. The van der Waals surface area contributed by atoms with E-state index in [1.807, 2.05) is 59.2 Å². The Balaban J connectivity index is 1.50. The van der Waals surface area contributed by atoms with Gasteiger partial charge in [-0.3, -0.25) is 4.79 Å². The van der Waals surface area contributed by atoms with E-state index in [1.165, 1.54) is 18.0 Å². The summed E-state index contributed by atoms with van der Waals surface area (Å²) in [6.45, 7) is 0. The summed E-state index contributed by atoms with van der Waals surface area (Å²) >= 11 is 4.82. The molecule has 4 rings (SSSR count). The average molecular weight is 509 g/mol. The first-order valence-corrected chi connectivity index (χ1v) is 11.4. The number of para-hydroxylation sites is 1. The van der Waals surface area contributed by atoms with E-state index >= 15 is 0 Å². The Labute approximate surface area is 197 Å². The van der Waals surface area contributed by atoms with Crippen LogP contribution >= 0.6 is 27.7 Å². The number of halogens is 1. The van der Waals surface area contributed by atoms with Crippen molar-refractivity contribution >= 4 is 39.8 Å². The number of nitrogens with zero attached hydrogens (tertiary/aromatic N) is 3. The van der Waals surface area contributed by atoms with Crippen molar-refractivity contribution in [1.82, 2.24) is 15.6 Å². The molecule has 1 amide bonds. The molecule has 0 aliphatic rings. The number of hydrogen-bond acceptors (Lipinski definition) is 5. The fourth-order valence-corrected chi connectivity index (χ4v) is 4.10. The molecule has 0 bridgehead atoms. The van der Waals surface area contributed by atoms with Gasteiger partial charge in [0.15, 0.2) is 0 Å². The van der Waals surface area contributed by atoms with Crippen molar-refractivity contribution in [3.05, 3.63) is 88.9 Å². The number of amides is 1. The second kappa shape index (κ2) is 10.3. The van der Waals surface area contributed by atoms with Crippen molar-refractivity contribution in [2.24, 2.45) is 5.10 Å². The first-order valence-electron chi connectivity index (χ1n) is 9.65. The van der Waals surface area contributed by atoms with Crippen molar-refractivity contribution in [3.8, 4) is 22.8 Å². The smallest absolute Gasteiger partial charge is 0.342 e. The molecule has 0 aliphatic heterocycles. The Kier molecular flexibility index (Phi) is 6.98. The first kappa shape index (κ1) is 21.8. The molecule has 0 unspecified atom stereocenters. The number of nitrogens with one attached hydrogen (secondary N) is 2. The molecule has 3 aromatic carbocycles. The Morgan fingerprint density at radius 3 is 2.66 bits per heavy atom. The van der Waals surface area contributed by atoms with E-state index in [4.69, 9.17) is 0 Å². The maximum Gasteiger partial charge on any atom is 0.342 e. The largest absolute Gasteiger partial charge is 0.508 e. The minimum Gasteiger partial charge on any atom is -0.508 e. The molecule has 0 spiro atoms. The highest BCUT2D eigenvalue weighted by Crippen LogP contribution is 2.23. The zero-order chi connectivity index (χ0) is 22.3. The molecule has 1 aromatic heterocycles. The molecule has 0 saturated carbocycles. The molecule has 160 valence electrons. The van der Waals surface area contributed by atoms with Crippen LogP contribution < -0.4 is 9.99 Å². The second-order valence-corrected chi connectivity index (χ2v) is 8.57. The van der Waals surface area contributed by atoms with Crippen LogP contribution in [0.3, 0.4) is 0 Å². The lowest BCUT2D eigenvalue weighted by atomic mass is 10.2. The summed E-state index contributed by atoms with van der Waals surface area (Å²) in [5.74, 6) is 0.876. The summed E-state index contributed by atoms with van der Waals surface area (Å²) in [6.07, 6.45) is 1.52. The molecule has 7 nitrogen and oxygen atoms in total. The van der Waals surface area contributed by atoms with Gasteiger partial charge in [0.25, 0.3) is 11.7 Å². The molecule has 0 saturated heterocycles. The lowest BCUT2D eigenvalue weighted by Crippen LogP contribution is -2.34. The lowest BCUT2D eigenvalue weighted by Gasteiger charge is -2.04. The van der Waals surface area contributed by atoms with Crippen LogP contribution in [0.2, 0.25) is 0 Å². The van der Waals surface area contributed by atoms with Gasteiger partial charge in [-0.15, -0.1) is 5.10 Å². The highest BCUT2D eigenvalue weighted by atomic mass is 79.9. The summed E-state index contributed by atoms with van der Waals surface area (Å²) in [4.78, 5) is 12.3. The third-order valence-electron chi connectivity index (χ3n) is 4.41. The topological polar surface area (TPSA) is 94.3 Å². The van der Waals surface area contributed by atoms with Crippen LogP contribution in [0.25, 0.3) is 17.1 Å². The predicted octanol–water partition coefficient (Wildman–Crippen LogP) is 4.06. The molecule has 32 heavy (non-hydrogen) atoms. The number of phenolic OH excluding ortho intramolecular Hbond substituents is 1. The van der Waals surface area contributed by atoms with Crippen LogP contribution in [0, 0.1) is 0 Å². The van der Waals surface area contributed by atoms with E-state index in [1.54, 1.807) is 24.3 Å². The van der Waals surface area contributed by atoms with E-state index in [2.05, 4.69) is 36.7 Å². The number of aromatic hydroxyl groups is 1. The van der Waals surface area contributed by atoms with Gasteiger partial charge < -0.3 is 5.11 Å². The van der Waals surface area contributed by atoms with Gasteiger partial charge in [0, 0.05) is 4.47 Å². The van der Waals surface area contributed by atoms with Crippen molar-refractivity contribution < 1.29 is 14.5 Å². The van der Waals surface area contributed by atoms with Crippen molar-refractivity contribution in [1.29, 1.82) is 0 Å². The first-order chi connectivity index (χ1) is 15.6. The fraction of sp³-hybridized carbons (Fsp3) is 0.0435. The van der Waals surface area contributed by atoms with Crippen LogP contribution in [0.4, 0.5) is 0 Å². The Bertz CT molecular complexity index is 1240. The number of H-pyrrole nitrogens is 1. The summed E-state index contributed by atoms with van der Waals surface area (Å²) in [5, 5.41) is 21.5. The maximum atomic E-state index is 12.3. The molecule has 0 atom stereocenters. The van der Waals surface area contributed by atoms with Crippen molar-refractivity contribution in [2.75, 3.05) is 5.75 Å².